The average Bonchev–Trinajstić information content (AvgIpc) is 2.86. The molecular weight excluding hydrogens is 488 g/mol. The maximum absolute atomic E-state index is 13.0. The van der Waals surface area contributed by atoms with Crippen LogP contribution in [0.15, 0.2) is 102 Å². The van der Waals surface area contributed by atoms with Gasteiger partial charge in [0.15, 0.2) is 0 Å². The number of nitrogens with one attached hydrogen (secondary N) is 2. The number of methoxy groups -OCH3 is 1. The van der Waals surface area contributed by atoms with Crippen LogP contribution in [0, 0.1) is 0 Å². The van der Waals surface area contributed by atoms with Crippen LogP contribution in [0.3, 0.4) is 0 Å². The van der Waals surface area contributed by atoms with Crippen LogP contribution in [-0.4, -0.2) is 21.4 Å². The van der Waals surface area contributed by atoms with Crippen LogP contribution in [-0.2, 0) is 10.0 Å². The van der Waals surface area contributed by atoms with Crippen LogP contribution < -0.4 is 19.5 Å². The van der Waals surface area contributed by atoms with Gasteiger partial charge in [0.2, 0.25) is 0 Å². The van der Waals surface area contributed by atoms with E-state index in [1.165, 1.54) is 25.3 Å². The Labute approximate surface area is 208 Å². The highest BCUT2D eigenvalue weighted by atomic mass is 35.5. The van der Waals surface area contributed by atoms with Crippen molar-refractivity contribution in [3.63, 3.8) is 0 Å². The van der Waals surface area contributed by atoms with Crippen molar-refractivity contribution in [1.82, 2.24) is 0 Å². The molecule has 2 N–H and O–H groups in total. The fourth-order valence-corrected chi connectivity index (χ4v) is 4.39. The van der Waals surface area contributed by atoms with Crippen molar-refractivity contribution in [3.05, 3.63) is 108 Å². The second-order valence-corrected chi connectivity index (χ2v) is 9.49. The molecule has 0 aliphatic carbocycles. The van der Waals surface area contributed by atoms with Crippen molar-refractivity contribution in [2.45, 2.75) is 4.90 Å². The summed E-state index contributed by atoms with van der Waals surface area (Å²) in [4.78, 5) is 12.6. The second-order valence-electron chi connectivity index (χ2n) is 7.37. The number of para-hydroxylation sites is 1. The lowest BCUT2D eigenvalue weighted by Gasteiger charge is -2.14. The van der Waals surface area contributed by atoms with Gasteiger partial charge in [-0.15, -0.1) is 0 Å². The SMILES string of the molecule is COc1ccc(S(=O)(=O)Nc2ccc(Oc3ccccc3)cc2)cc1NC(=O)c1ccc(Cl)cc1. The Kier molecular flexibility index (Phi) is 7.24. The summed E-state index contributed by atoms with van der Waals surface area (Å²) in [5.41, 5.74) is 0.926. The maximum Gasteiger partial charge on any atom is 0.261 e. The summed E-state index contributed by atoms with van der Waals surface area (Å²) in [5.74, 6) is 1.12. The van der Waals surface area contributed by atoms with E-state index in [4.69, 9.17) is 21.1 Å². The van der Waals surface area contributed by atoms with Crippen LogP contribution in [0.2, 0.25) is 5.02 Å². The summed E-state index contributed by atoms with van der Waals surface area (Å²) in [6.07, 6.45) is 0. The van der Waals surface area contributed by atoms with Crippen molar-refractivity contribution in [3.8, 4) is 17.2 Å². The van der Waals surface area contributed by atoms with Gasteiger partial charge >= 0.3 is 0 Å². The molecule has 0 aliphatic heterocycles. The first-order valence-corrected chi connectivity index (χ1v) is 12.3. The number of carbonyl (C=O) groups excluding carboxylic acids is 1. The van der Waals surface area contributed by atoms with E-state index in [9.17, 15) is 13.2 Å². The zero-order valence-corrected chi connectivity index (χ0v) is 20.1. The lowest BCUT2D eigenvalue weighted by atomic mass is 10.2. The molecule has 0 spiro atoms. The van der Waals surface area contributed by atoms with Gasteiger partial charge in [-0.3, -0.25) is 9.52 Å². The Hall–Kier alpha value is -4.01. The van der Waals surface area contributed by atoms with Crippen LogP contribution in [0.5, 0.6) is 17.2 Å². The lowest BCUT2D eigenvalue weighted by molar-refractivity contribution is 0.102. The monoisotopic (exact) mass is 508 g/mol. The van der Waals surface area contributed by atoms with E-state index in [1.807, 2.05) is 30.3 Å². The van der Waals surface area contributed by atoms with Gasteiger partial charge in [0, 0.05) is 16.3 Å². The number of amides is 1. The predicted molar refractivity (Wildman–Crippen MR) is 136 cm³/mol. The Balaban J connectivity index is 1.51. The first kappa shape index (κ1) is 24.1. The number of hydrogen-bond acceptors (Lipinski definition) is 5. The molecule has 0 atom stereocenters. The van der Waals surface area contributed by atoms with E-state index in [1.54, 1.807) is 48.5 Å². The third-order valence-corrected chi connectivity index (χ3v) is 6.55. The average molecular weight is 509 g/mol. The summed E-state index contributed by atoms with van der Waals surface area (Å²) < 4.78 is 39.6. The smallest absolute Gasteiger partial charge is 0.261 e. The first-order valence-electron chi connectivity index (χ1n) is 10.4. The van der Waals surface area contributed by atoms with E-state index in [0.717, 1.165) is 0 Å². The molecule has 4 aromatic rings. The van der Waals surface area contributed by atoms with Crippen molar-refractivity contribution >= 4 is 38.9 Å². The molecule has 0 radical (unpaired) electrons. The third-order valence-electron chi connectivity index (χ3n) is 4.92. The van der Waals surface area contributed by atoms with Gasteiger partial charge in [0.05, 0.1) is 17.7 Å². The minimum absolute atomic E-state index is 0.0469. The topological polar surface area (TPSA) is 93.7 Å². The number of halogens is 1. The van der Waals surface area contributed by atoms with Gasteiger partial charge < -0.3 is 14.8 Å². The first-order chi connectivity index (χ1) is 16.8. The quantitative estimate of drug-likeness (QED) is 0.296. The van der Waals surface area contributed by atoms with Gasteiger partial charge in [0.25, 0.3) is 15.9 Å². The van der Waals surface area contributed by atoms with Gasteiger partial charge in [-0.1, -0.05) is 29.8 Å². The van der Waals surface area contributed by atoms with Crippen LogP contribution in [0.4, 0.5) is 11.4 Å². The van der Waals surface area contributed by atoms with Crippen molar-refractivity contribution in [2.75, 3.05) is 17.1 Å². The summed E-state index contributed by atoms with van der Waals surface area (Å²) in [6.45, 7) is 0. The van der Waals surface area contributed by atoms with Gasteiger partial charge in [-0.2, -0.15) is 0 Å². The van der Waals surface area contributed by atoms with Gasteiger partial charge in [0.1, 0.15) is 17.2 Å². The van der Waals surface area contributed by atoms with Gasteiger partial charge in [-0.25, -0.2) is 8.42 Å². The molecule has 0 aromatic heterocycles. The second kappa shape index (κ2) is 10.5. The molecule has 4 rings (SSSR count). The molecular formula is C26H21ClN2O5S. The van der Waals surface area contributed by atoms with Crippen LogP contribution >= 0.6 is 11.6 Å². The van der Waals surface area contributed by atoms with Crippen molar-refractivity contribution < 1.29 is 22.7 Å². The standard InChI is InChI=1S/C26H21ClN2O5S/c1-33-25-16-15-23(17-24(25)28-26(30)18-7-9-19(27)10-8-18)35(31,32)29-20-11-13-22(14-12-20)34-21-5-3-2-4-6-21/h2-17,29H,1H3,(H,28,30). The zero-order chi connectivity index (χ0) is 24.8. The number of hydrogen-bond donors (Lipinski definition) is 2. The molecule has 0 heterocycles. The number of anilines is 2. The summed E-state index contributed by atoms with van der Waals surface area (Å²) in [6, 6.07) is 26.3. The fraction of sp³-hybridized carbons (Fsp3) is 0.0385. The number of rotatable bonds is 8. The number of ether oxygens (including phenoxy) is 2. The Morgan fingerprint density at radius 3 is 2.14 bits per heavy atom. The normalized spacial score (nSPS) is 10.9. The summed E-state index contributed by atoms with van der Waals surface area (Å²) in [7, 11) is -2.52. The molecule has 1 amide bonds. The highest BCUT2D eigenvalue weighted by molar-refractivity contribution is 7.92. The molecule has 0 aliphatic rings. The molecule has 7 nitrogen and oxygen atoms in total. The largest absolute Gasteiger partial charge is 0.495 e. The molecule has 0 saturated carbocycles. The number of benzene rings is 4. The lowest BCUT2D eigenvalue weighted by Crippen LogP contribution is -2.15. The molecule has 0 fully saturated rings. The highest BCUT2D eigenvalue weighted by Crippen LogP contribution is 2.30. The zero-order valence-electron chi connectivity index (χ0n) is 18.6. The third kappa shape index (κ3) is 6.11. The van der Waals surface area contributed by atoms with Crippen LogP contribution in [0.25, 0.3) is 0 Å². The fourth-order valence-electron chi connectivity index (χ4n) is 3.18. The molecule has 4 aromatic carbocycles. The summed E-state index contributed by atoms with van der Waals surface area (Å²) >= 11 is 5.87. The van der Waals surface area contributed by atoms with Gasteiger partial charge in [-0.05, 0) is 78.9 Å². The molecule has 0 saturated heterocycles. The Bertz CT molecular complexity index is 1430. The van der Waals surface area contributed by atoms with E-state index in [-0.39, 0.29) is 10.6 Å². The molecule has 35 heavy (non-hydrogen) atoms. The van der Waals surface area contributed by atoms with E-state index in [0.29, 0.717) is 33.5 Å². The minimum atomic E-state index is -3.95. The number of carbonyl (C=O) groups is 1. The van der Waals surface area contributed by atoms with E-state index in [2.05, 4.69) is 10.0 Å². The van der Waals surface area contributed by atoms with E-state index < -0.39 is 15.9 Å². The summed E-state index contributed by atoms with van der Waals surface area (Å²) in [5, 5.41) is 3.19. The van der Waals surface area contributed by atoms with Crippen LogP contribution in [0.1, 0.15) is 10.4 Å². The van der Waals surface area contributed by atoms with E-state index >= 15 is 0 Å². The van der Waals surface area contributed by atoms with Crippen molar-refractivity contribution in [1.29, 1.82) is 0 Å². The Morgan fingerprint density at radius 1 is 0.829 bits per heavy atom. The molecule has 0 unspecified atom stereocenters. The molecule has 9 heteroatoms. The van der Waals surface area contributed by atoms with Crippen molar-refractivity contribution in [2.24, 2.45) is 0 Å². The Morgan fingerprint density at radius 2 is 1.49 bits per heavy atom. The minimum Gasteiger partial charge on any atom is -0.495 e. The highest BCUT2D eigenvalue weighted by Gasteiger charge is 2.18. The maximum atomic E-state index is 13.0. The molecule has 0 bridgehead atoms. The number of sulfonamides is 1. The molecule has 178 valence electrons. The predicted octanol–water partition coefficient (Wildman–Crippen LogP) is 6.19.